The third-order valence-electron chi connectivity index (χ3n) is 10.5. The minimum Gasteiger partial charge on any atom is -0.743 e. The Morgan fingerprint density at radius 2 is 1.60 bits per heavy atom. The van der Waals surface area contributed by atoms with Crippen molar-refractivity contribution in [3.05, 3.63) is 0 Å². The van der Waals surface area contributed by atoms with Crippen LogP contribution in [-0.2, 0) is 48.2 Å². The van der Waals surface area contributed by atoms with Crippen LogP contribution in [0.2, 0.25) is 0 Å². The van der Waals surface area contributed by atoms with Gasteiger partial charge in [-0.3, -0.25) is 19.2 Å². The van der Waals surface area contributed by atoms with Crippen molar-refractivity contribution >= 4 is 34.0 Å². The first-order valence-electron chi connectivity index (χ1n) is 13.8. The molecule has 0 amide bonds. The molecule has 1 heterocycles. The summed E-state index contributed by atoms with van der Waals surface area (Å²) in [5, 5.41) is -4.80. The first-order chi connectivity index (χ1) is 18.7. The van der Waals surface area contributed by atoms with E-state index < -0.39 is 94.3 Å². The summed E-state index contributed by atoms with van der Waals surface area (Å²) >= 11 is 0. The van der Waals surface area contributed by atoms with Crippen LogP contribution in [0.1, 0.15) is 58.3 Å². The molecule has 40 heavy (non-hydrogen) atoms. The van der Waals surface area contributed by atoms with Crippen molar-refractivity contribution in [3.8, 4) is 0 Å². The van der Waals surface area contributed by atoms with Crippen LogP contribution in [0.5, 0.6) is 0 Å². The van der Waals surface area contributed by atoms with Gasteiger partial charge in [-0.15, -0.1) is 0 Å². The van der Waals surface area contributed by atoms with Crippen LogP contribution in [0.15, 0.2) is 0 Å². The van der Waals surface area contributed by atoms with E-state index in [9.17, 15) is 40.9 Å². The maximum atomic E-state index is 13.7. The Labute approximate surface area is 229 Å². The predicted octanol–water partition coefficient (Wildman–Crippen LogP) is 1.93. The molecule has 11 nitrogen and oxygen atoms in total. The summed E-state index contributed by atoms with van der Waals surface area (Å²) in [4.78, 5) is 50.7. The van der Waals surface area contributed by atoms with E-state index in [2.05, 4.69) is 4.74 Å². The molecule has 6 aliphatic carbocycles. The third kappa shape index (κ3) is 4.40. The van der Waals surface area contributed by atoms with Crippen molar-refractivity contribution in [2.24, 2.45) is 47.3 Å². The molecular weight excluding hydrogens is 558 g/mol. The van der Waals surface area contributed by atoms with E-state index in [0.29, 0.717) is 18.3 Å². The Balaban J connectivity index is 1.07. The smallest absolute Gasteiger partial charge is 0.367 e. The third-order valence-corrected chi connectivity index (χ3v) is 11.3. The second kappa shape index (κ2) is 9.33. The lowest BCUT2D eigenvalue weighted by Crippen LogP contribution is -2.59. The van der Waals surface area contributed by atoms with Gasteiger partial charge in [-0.05, 0) is 69.1 Å². The number of carbonyl (C=O) groups excluding carboxylic acids is 4. The van der Waals surface area contributed by atoms with E-state index in [0.717, 1.165) is 25.7 Å². The highest BCUT2D eigenvalue weighted by Gasteiger charge is 2.71. The highest BCUT2D eigenvalue weighted by Crippen LogP contribution is 2.62. The first-order valence-corrected chi connectivity index (χ1v) is 15.2. The molecule has 0 aromatic rings. The largest absolute Gasteiger partial charge is 0.743 e. The number of fused-ring (bicyclic) bond motifs is 1. The van der Waals surface area contributed by atoms with E-state index in [1.54, 1.807) is 0 Å². The molecule has 0 N–H and O–H groups in total. The van der Waals surface area contributed by atoms with Gasteiger partial charge in [-0.2, -0.15) is 8.78 Å². The molecule has 0 aromatic carbocycles. The number of esters is 4. The van der Waals surface area contributed by atoms with E-state index in [-0.39, 0.29) is 17.8 Å². The number of alkyl halides is 2. The molecule has 7 rings (SSSR count). The fourth-order valence-electron chi connectivity index (χ4n) is 8.76. The molecule has 6 saturated carbocycles. The van der Waals surface area contributed by atoms with Gasteiger partial charge in [-0.1, -0.05) is 0 Å². The number of hydrogen-bond acceptors (Lipinski definition) is 11. The average molecular weight is 590 g/mol. The van der Waals surface area contributed by atoms with Crippen LogP contribution in [0.3, 0.4) is 0 Å². The number of rotatable bonds is 9. The second-order valence-corrected chi connectivity index (χ2v) is 14.1. The van der Waals surface area contributed by atoms with Crippen LogP contribution in [-0.4, -0.2) is 66.5 Å². The molecule has 222 valence electrons. The second-order valence-electron chi connectivity index (χ2n) is 12.6. The van der Waals surface area contributed by atoms with Gasteiger partial charge < -0.3 is 23.5 Å². The van der Waals surface area contributed by atoms with Crippen molar-refractivity contribution in [2.45, 2.75) is 81.4 Å². The quantitative estimate of drug-likeness (QED) is 0.219. The zero-order valence-electron chi connectivity index (χ0n) is 21.8. The fourth-order valence-corrected chi connectivity index (χ4v) is 8.97. The molecule has 14 heteroatoms. The lowest BCUT2D eigenvalue weighted by atomic mass is 9.50. The minimum absolute atomic E-state index is 0.289. The SMILES string of the molecule is CC1(OC(=O)C2C3CC4C(OC(=O)C42)C3OC(=O)CCC(=O)OCC(F)(F)S(=O)(=O)[O-])C2CC3CC(C2)CC1C3. The van der Waals surface area contributed by atoms with E-state index in [4.69, 9.17) is 14.2 Å². The van der Waals surface area contributed by atoms with Crippen LogP contribution < -0.4 is 0 Å². The summed E-state index contributed by atoms with van der Waals surface area (Å²) in [7, 11) is -6.02. The first kappa shape index (κ1) is 27.8. The van der Waals surface area contributed by atoms with E-state index in [1.807, 2.05) is 6.92 Å². The molecule has 7 fully saturated rings. The molecule has 1 aliphatic heterocycles. The van der Waals surface area contributed by atoms with Crippen LogP contribution >= 0.6 is 0 Å². The van der Waals surface area contributed by atoms with Crippen molar-refractivity contribution in [1.29, 1.82) is 0 Å². The van der Waals surface area contributed by atoms with Crippen molar-refractivity contribution < 1.29 is 59.9 Å². The summed E-state index contributed by atoms with van der Waals surface area (Å²) in [6.45, 7) is 0.0458. The van der Waals surface area contributed by atoms with Gasteiger partial charge in [0.15, 0.2) is 16.7 Å². The zero-order valence-corrected chi connectivity index (χ0v) is 22.6. The van der Waals surface area contributed by atoms with E-state index in [1.165, 1.54) is 6.42 Å². The number of carbonyl (C=O) groups is 4. The van der Waals surface area contributed by atoms with Crippen LogP contribution in [0.4, 0.5) is 8.78 Å². The Kier molecular flexibility index (Phi) is 6.49. The van der Waals surface area contributed by atoms with Gasteiger partial charge in [0, 0.05) is 11.8 Å². The maximum absolute atomic E-state index is 13.7. The normalized spacial score (nSPS) is 42.5. The van der Waals surface area contributed by atoms with Gasteiger partial charge in [0.05, 0.1) is 24.7 Å². The Bertz CT molecular complexity index is 1200. The summed E-state index contributed by atoms with van der Waals surface area (Å²) in [5.41, 5.74) is -0.594. The Morgan fingerprint density at radius 3 is 2.20 bits per heavy atom. The molecule has 0 spiro atoms. The van der Waals surface area contributed by atoms with Gasteiger partial charge in [0.25, 0.3) is 0 Å². The van der Waals surface area contributed by atoms with Crippen molar-refractivity contribution in [2.75, 3.05) is 6.61 Å². The molecule has 0 radical (unpaired) electrons. The van der Waals surface area contributed by atoms with Gasteiger partial charge in [0.2, 0.25) is 0 Å². The zero-order chi connectivity index (χ0) is 28.8. The summed E-state index contributed by atoms with van der Waals surface area (Å²) in [5.74, 6) is -3.57. The van der Waals surface area contributed by atoms with Crippen molar-refractivity contribution in [1.82, 2.24) is 0 Å². The molecule has 6 atom stereocenters. The number of ether oxygens (including phenoxy) is 4. The molecule has 7 aliphatic rings. The predicted molar refractivity (Wildman–Crippen MR) is 125 cm³/mol. The van der Waals surface area contributed by atoms with Gasteiger partial charge >= 0.3 is 29.1 Å². The van der Waals surface area contributed by atoms with Gasteiger partial charge in [0.1, 0.15) is 17.8 Å². The van der Waals surface area contributed by atoms with Crippen molar-refractivity contribution in [3.63, 3.8) is 0 Å². The monoisotopic (exact) mass is 589 g/mol. The molecular formula is C26H31F2O11S-. The van der Waals surface area contributed by atoms with Gasteiger partial charge in [-0.25, -0.2) is 8.42 Å². The molecule has 6 bridgehead atoms. The minimum atomic E-state index is -6.02. The Morgan fingerprint density at radius 1 is 1.00 bits per heavy atom. The topological polar surface area (TPSA) is 162 Å². The fraction of sp³-hybridized carbons (Fsp3) is 0.846. The molecule has 6 unspecified atom stereocenters. The van der Waals surface area contributed by atoms with Crippen LogP contribution in [0.25, 0.3) is 0 Å². The van der Waals surface area contributed by atoms with E-state index >= 15 is 0 Å². The standard InChI is InChI=1S/C26H32F2O11S/c1-25(13-5-11-4-12(7-13)8-14(25)6-11)39-24(32)20-16-9-15-19(20)23(31)38-22(15)21(16)37-18(30)3-2-17(29)36-10-26(27,28)40(33,34)35/h11-16,19-22H,2-10H2,1H3,(H,33,34,35)/p-1. The summed E-state index contributed by atoms with van der Waals surface area (Å²) in [6, 6.07) is 0. The lowest BCUT2D eigenvalue weighted by Gasteiger charge is -2.59. The van der Waals surface area contributed by atoms with Crippen LogP contribution in [0, 0.1) is 47.3 Å². The maximum Gasteiger partial charge on any atom is 0.367 e. The summed E-state index contributed by atoms with van der Waals surface area (Å²) < 4.78 is 79.3. The highest BCUT2D eigenvalue weighted by atomic mass is 32.2. The summed E-state index contributed by atoms with van der Waals surface area (Å²) in [6.07, 6.45) is 2.88. The molecule has 1 saturated heterocycles. The average Bonchev–Trinajstić information content (AvgIpc) is 3.48. The number of halogens is 2. The number of hydrogen-bond donors (Lipinski definition) is 0. The lowest BCUT2D eigenvalue weighted by molar-refractivity contribution is -0.211. The Hall–Kier alpha value is -2.35. The molecule has 0 aromatic heterocycles. The highest BCUT2D eigenvalue weighted by molar-refractivity contribution is 7.86.